The number of hydrogen-bond acceptors (Lipinski definition) is 6. The Morgan fingerprint density at radius 2 is 1.92 bits per heavy atom. The number of H-pyrrole nitrogens is 1. The highest BCUT2D eigenvalue weighted by molar-refractivity contribution is 6.33. The molecule has 1 saturated carbocycles. The Morgan fingerprint density at radius 1 is 1.13 bits per heavy atom. The van der Waals surface area contributed by atoms with E-state index in [4.69, 9.17) is 16.6 Å². The van der Waals surface area contributed by atoms with E-state index >= 15 is 0 Å². The SMILES string of the molecule is CC(C)(CO)N1CCN(c2cc(Nc3ncc(Cl)c(-c4c[nH]c5cc(F)ccc45)n3)cc(C3CC3)c2)CC1. The van der Waals surface area contributed by atoms with Crippen LogP contribution in [0, 0.1) is 5.82 Å². The zero-order valence-electron chi connectivity index (χ0n) is 21.6. The summed E-state index contributed by atoms with van der Waals surface area (Å²) in [6, 6.07) is 11.3. The first-order valence-corrected chi connectivity index (χ1v) is 13.5. The number of fused-ring (bicyclic) bond motifs is 1. The standard InChI is InChI=1S/C29H32ClFN6O/c1-29(2,17-38)37-9-7-36(8-10-37)22-12-19(18-3-4-18)11-21(14-22)34-28-33-16-25(30)27(35-28)24-15-32-26-13-20(31)5-6-23(24)26/h5-6,11-16,18,32,38H,3-4,7-10,17H2,1-2H3,(H,33,34,35). The van der Waals surface area contributed by atoms with Crippen LogP contribution in [-0.4, -0.2) is 63.3 Å². The molecule has 0 unspecified atom stereocenters. The van der Waals surface area contributed by atoms with Crippen molar-refractivity contribution in [3.8, 4) is 11.3 Å². The van der Waals surface area contributed by atoms with E-state index in [9.17, 15) is 9.50 Å². The quantitative estimate of drug-likeness (QED) is 0.273. The maximum atomic E-state index is 13.7. The molecule has 1 saturated heterocycles. The molecule has 38 heavy (non-hydrogen) atoms. The molecule has 2 aromatic carbocycles. The minimum atomic E-state index is -0.299. The number of halogens is 2. The first-order valence-electron chi connectivity index (χ1n) is 13.1. The highest BCUT2D eigenvalue weighted by Crippen LogP contribution is 2.43. The first kappa shape index (κ1) is 25.1. The van der Waals surface area contributed by atoms with Crippen LogP contribution < -0.4 is 10.2 Å². The number of hydrogen-bond donors (Lipinski definition) is 3. The second-order valence-corrected chi connectivity index (χ2v) is 11.3. The number of anilines is 3. The van der Waals surface area contributed by atoms with Gasteiger partial charge in [0.05, 0.1) is 23.5 Å². The van der Waals surface area contributed by atoms with Crippen LogP contribution in [0.3, 0.4) is 0 Å². The van der Waals surface area contributed by atoms with Crippen molar-refractivity contribution in [2.75, 3.05) is 43.0 Å². The number of aliphatic hydroxyl groups is 1. The van der Waals surface area contributed by atoms with Crippen molar-refractivity contribution >= 4 is 39.8 Å². The minimum Gasteiger partial charge on any atom is -0.394 e. The van der Waals surface area contributed by atoms with Crippen LogP contribution in [0.4, 0.5) is 21.7 Å². The lowest BCUT2D eigenvalue weighted by molar-refractivity contribution is 0.0527. The molecule has 2 aliphatic rings. The van der Waals surface area contributed by atoms with Gasteiger partial charge in [-0.05, 0) is 74.6 Å². The predicted octanol–water partition coefficient (Wildman–Crippen LogP) is 5.93. The van der Waals surface area contributed by atoms with Crippen molar-refractivity contribution in [3.63, 3.8) is 0 Å². The van der Waals surface area contributed by atoms with E-state index in [1.807, 2.05) is 0 Å². The van der Waals surface area contributed by atoms with Gasteiger partial charge >= 0.3 is 0 Å². The maximum absolute atomic E-state index is 13.7. The third-order valence-electron chi connectivity index (χ3n) is 7.78. The smallest absolute Gasteiger partial charge is 0.227 e. The second-order valence-electron chi connectivity index (χ2n) is 10.9. The van der Waals surface area contributed by atoms with E-state index in [0.29, 0.717) is 28.1 Å². The van der Waals surface area contributed by atoms with Crippen LogP contribution in [-0.2, 0) is 0 Å². The molecule has 1 aliphatic heterocycles. The highest BCUT2D eigenvalue weighted by atomic mass is 35.5. The Labute approximate surface area is 226 Å². The van der Waals surface area contributed by atoms with Crippen molar-refractivity contribution in [3.05, 3.63) is 65.2 Å². The average molecular weight is 535 g/mol. The fourth-order valence-electron chi connectivity index (χ4n) is 5.25. The monoisotopic (exact) mass is 534 g/mol. The molecule has 3 heterocycles. The molecule has 0 spiro atoms. The summed E-state index contributed by atoms with van der Waals surface area (Å²) in [5.74, 6) is 0.750. The molecule has 3 N–H and O–H groups in total. The molecule has 7 nitrogen and oxygen atoms in total. The highest BCUT2D eigenvalue weighted by Gasteiger charge is 2.30. The second kappa shape index (κ2) is 9.84. The van der Waals surface area contributed by atoms with E-state index < -0.39 is 0 Å². The summed E-state index contributed by atoms with van der Waals surface area (Å²) in [4.78, 5) is 17.1. The minimum absolute atomic E-state index is 0.150. The fourth-order valence-corrected chi connectivity index (χ4v) is 5.44. The largest absolute Gasteiger partial charge is 0.394 e. The molecule has 1 aliphatic carbocycles. The molecule has 9 heteroatoms. The molecule has 2 aromatic heterocycles. The fraction of sp³-hybridized carbons (Fsp3) is 0.379. The van der Waals surface area contributed by atoms with Gasteiger partial charge in [-0.15, -0.1) is 0 Å². The van der Waals surface area contributed by atoms with Crippen molar-refractivity contribution in [1.29, 1.82) is 0 Å². The van der Waals surface area contributed by atoms with Crippen LogP contribution in [0.5, 0.6) is 0 Å². The third kappa shape index (κ3) is 4.96. The maximum Gasteiger partial charge on any atom is 0.227 e. The topological polar surface area (TPSA) is 80.3 Å². The van der Waals surface area contributed by atoms with Crippen LogP contribution >= 0.6 is 11.6 Å². The van der Waals surface area contributed by atoms with Gasteiger partial charge < -0.3 is 20.3 Å². The normalized spacial score (nSPS) is 16.8. The molecular weight excluding hydrogens is 503 g/mol. The van der Waals surface area contributed by atoms with Crippen molar-refractivity contribution in [2.24, 2.45) is 0 Å². The van der Waals surface area contributed by atoms with Gasteiger partial charge in [0, 0.05) is 65.8 Å². The Hall–Kier alpha value is -3.20. The van der Waals surface area contributed by atoms with Crippen LogP contribution in [0.2, 0.25) is 5.02 Å². The van der Waals surface area contributed by atoms with Crippen molar-refractivity contribution < 1.29 is 9.50 Å². The number of nitrogens with one attached hydrogen (secondary N) is 2. The van der Waals surface area contributed by atoms with Gasteiger partial charge in [0.1, 0.15) is 5.82 Å². The summed E-state index contributed by atoms with van der Waals surface area (Å²) in [6.07, 6.45) is 5.82. The van der Waals surface area contributed by atoms with Gasteiger partial charge in [-0.3, -0.25) is 4.90 Å². The van der Waals surface area contributed by atoms with E-state index in [-0.39, 0.29) is 18.0 Å². The summed E-state index contributed by atoms with van der Waals surface area (Å²) < 4.78 is 13.7. The molecule has 0 atom stereocenters. The molecular formula is C29H32ClFN6O. The predicted molar refractivity (Wildman–Crippen MR) is 151 cm³/mol. The van der Waals surface area contributed by atoms with E-state index in [1.165, 1.54) is 36.2 Å². The van der Waals surface area contributed by atoms with Gasteiger partial charge in [0.25, 0.3) is 0 Å². The lowest BCUT2D eigenvalue weighted by Crippen LogP contribution is -2.56. The lowest BCUT2D eigenvalue weighted by Gasteiger charge is -2.44. The first-order chi connectivity index (χ1) is 18.3. The van der Waals surface area contributed by atoms with Crippen LogP contribution in [0.25, 0.3) is 22.2 Å². The van der Waals surface area contributed by atoms with Gasteiger partial charge in [-0.25, -0.2) is 14.4 Å². The zero-order chi connectivity index (χ0) is 26.4. The lowest BCUT2D eigenvalue weighted by atomic mass is 10.0. The Balaban J connectivity index is 1.27. The molecule has 198 valence electrons. The number of aromatic amines is 1. The number of rotatable bonds is 7. The zero-order valence-corrected chi connectivity index (χ0v) is 22.4. The summed E-state index contributed by atoms with van der Waals surface area (Å²) in [5, 5.41) is 14.5. The average Bonchev–Trinajstić information content (AvgIpc) is 3.70. The molecule has 2 fully saturated rings. The number of piperazine rings is 1. The Morgan fingerprint density at radius 3 is 2.66 bits per heavy atom. The van der Waals surface area contributed by atoms with E-state index in [2.05, 4.69) is 57.1 Å². The van der Waals surface area contributed by atoms with Crippen molar-refractivity contribution in [1.82, 2.24) is 19.9 Å². The number of aromatic nitrogens is 3. The van der Waals surface area contributed by atoms with E-state index in [1.54, 1.807) is 18.5 Å². The summed E-state index contributed by atoms with van der Waals surface area (Å²) in [6.45, 7) is 7.95. The van der Waals surface area contributed by atoms with Crippen molar-refractivity contribution in [2.45, 2.75) is 38.1 Å². The summed E-state index contributed by atoms with van der Waals surface area (Å²) in [7, 11) is 0. The van der Waals surface area contributed by atoms with Gasteiger partial charge in [-0.1, -0.05) is 11.6 Å². The Kier molecular flexibility index (Phi) is 6.50. The number of benzene rings is 2. The summed E-state index contributed by atoms with van der Waals surface area (Å²) >= 11 is 6.51. The number of nitrogens with zero attached hydrogens (tertiary/aromatic N) is 4. The summed E-state index contributed by atoms with van der Waals surface area (Å²) in [5.41, 5.74) is 5.32. The van der Waals surface area contributed by atoms with E-state index in [0.717, 1.165) is 42.8 Å². The number of aliphatic hydroxyl groups excluding tert-OH is 1. The molecule has 0 bridgehead atoms. The van der Waals surface area contributed by atoms with Gasteiger partial charge in [-0.2, -0.15) is 0 Å². The Bertz CT molecular complexity index is 1480. The van der Waals surface area contributed by atoms with Crippen LogP contribution in [0.1, 0.15) is 38.2 Å². The molecule has 4 aromatic rings. The molecule has 0 amide bonds. The third-order valence-corrected chi connectivity index (χ3v) is 8.05. The molecule has 6 rings (SSSR count). The molecule has 0 radical (unpaired) electrons. The van der Waals surface area contributed by atoms with Crippen LogP contribution in [0.15, 0.2) is 48.8 Å². The van der Waals surface area contributed by atoms with Gasteiger partial charge in [0.2, 0.25) is 5.95 Å². The van der Waals surface area contributed by atoms with Gasteiger partial charge in [0.15, 0.2) is 0 Å².